The van der Waals surface area contributed by atoms with Gasteiger partial charge in [0.25, 0.3) is 5.91 Å². The van der Waals surface area contributed by atoms with E-state index in [1.165, 1.54) is 4.90 Å². The van der Waals surface area contributed by atoms with Crippen LogP contribution in [0.4, 0.5) is 5.69 Å². The monoisotopic (exact) mass is 235 g/mol. The molecule has 0 atom stereocenters. The van der Waals surface area contributed by atoms with E-state index in [-0.39, 0.29) is 5.91 Å². The van der Waals surface area contributed by atoms with Crippen LogP contribution in [-0.2, 0) is 0 Å². The predicted octanol–water partition coefficient (Wildman–Crippen LogP) is 1.37. The molecule has 0 spiro atoms. The van der Waals surface area contributed by atoms with Gasteiger partial charge in [0.15, 0.2) is 0 Å². The summed E-state index contributed by atoms with van der Waals surface area (Å²) >= 11 is 0. The second kappa shape index (κ2) is 4.61. The topological polar surface area (TPSA) is 54.5 Å². The molecule has 0 radical (unpaired) electrons. The molecule has 17 heavy (non-hydrogen) atoms. The molecule has 1 fully saturated rings. The molecule has 5 heteroatoms. The molecule has 1 aliphatic carbocycles. The normalized spacial score (nSPS) is 14.3. The minimum Gasteiger partial charge on any atom is -0.488 e. The summed E-state index contributed by atoms with van der Waals surface area (Å²) in [5, 5.41) is 3.01. The van der Waals surface area contributed by atoms with Crippen molar-refractivity contribution in [1.29, 1.82) is 0 Å². The summed E-state index contributed by atoms with van der Waals surface area (Å²) in [4.78, 5) is 17.4. The fourth-order valence-corrected chi connectivity index (χ4v) is 1.43. The zero-order chi connectivity index (χ0) is 12.4. The van der Waals surface area contributed by atoms with Gasteiger partial charge in [0.2, 0.25) is 0 Å². The van der Waals surface area contributed by atoms with E-state index in [0.29, 0.717) is 17.5 Å². The van der Waals surface area contributed by atoms with Gasteiger partial charge in [-0.2, -0.15) is 0 Å². The molecule has 1 N–H and O–H groups in total. The van der Waals surface area contributed by atoms with Gasteiger partial charge in [0.05, 0.1) is 18.0 Å². The predicted molar refractivity (Wildman–Crippen MR) is 65.5 cm³/mol. The van der Waals surface area contributed by atoms with E-state index in [4.69, 9.17) is 4.74 Å². The van der Waals surface area contributed by atoms with Crippen molar-refractivity contribution in [2.24, 2.45) is 0 Å². The Hall–Kier alpha value is -1.78. The van der Waals surface area contributed by atoms with Gasteiger partial charge in [-0.15, -0.1) is 0 Å². The van der Waals surface area contributed by atoms with Gasteiger partial charge in [0, 0.05) is 27.2 Å². The SMILES string of the molecule is CNc1cnc(C(=O)N(C)C)cc1OC1CC1. The largest absolute Gasteiger partial charge is 0.488 e. The minimum atomic E-state index is -0.117. The smallest absolute Gasteiger partial charge is 0.272 e. The van der Waals surface area contributed by atoms with Crippen LogP contribution in [0, 0.1) is 0 Å². The van der Waals surface area contributed by atoms with Crippen molar-refractivity contribution in [2.75, 3.05) is 26.5 Å². The number of hydrogen-bond donors (Lipinski definition) is 1. The average Bonchev–Trinajstić information content (AvgIpc) is 3.11. The van der Waals surface area contributed by atoms with E-state index in [0.717, 1.165) is 18.5 Å². The molecule has 1 amide bonds. The Morgan fingerprint density at radius 1 is 1.53 bits per heavy atom. The van der Waals surface area contributed by atoms with Crippen molar-refractivity contribution in [3.05, 3.63) is 18.0 Å². The molecule has 0 unspecified atom stereocenters. The summed E-state index contributed by atoms with van der Waals surface area (Å²) in [6.45, 7) is 0. The average molecular weight is 235 g/mol. The Labute approximate surface area is 101 Å². The first-order valence-corrected chi connectivity index (χ1v) is 5.68. The number of hydrogen-bond acceptors (Lipinski definition) is 4. The molecule has 1 saturated carbocycles. The molecular formula is C12H17N3O2. The molecule has 1 aromatic rings. The second-order valence-electron chi connectivity index (χ2n) is 4.33. The van der Waals surface area contributed by atoms with E-state index >= 15 is 0 Å². The minimum absolute atomic E-state index is 0.117. The number of carbonyl (C=O) groups excluding carboxylic acids is 1. The maximum Gasteiger partial charge on any atom is 0.272 e. The van der Waals surface area contributed by atoms with Crippen molar-refractivity contribution in [3.8, 4) is 5.75 Å². The molecule has 1 aliphatic rings. The van der Waals surface area contributed by atoms with Crippen molar-refractivity contribution in [1.82, 2.24) is 9.88 Å². The quantitative estimate of drug-likeness (QED) is 0.856. The lowest BCUT2D eigenvalue weighted by Crippen LogP contribution is -2.22. The Bertz CT molecular complexity index is 428. The van der Waals surface area contributed by atoms with Crippen molar-refractivity contribution >= 4 is 11.6 Å². The van der Waals surface area contributed by atoms with Crippen molar-refractivity contribution in [3.63, 3.8) is 0 Å². The second-order valence-corrected chi connectivity index (χ2v) is 4.33. The lowest BCUT2D eigenvalue weighted by atomic mass is 10.3. The molecule has 0 bridgehead atoms. The zero-order valence-electron chi connectivity index (χ0n) is 10.4. The first kappa shape index (κ1) is 11.7. The summed E-state index contributed by atoms with van der Waals surface area (Å²) in [5.41, 5.74) is 1.22. The molecule has 5 nitrogen and oxygen atoms in total. The summed E-state index contributed by atoms with van der Waals surface area (Å²) in [7, 11) is 5.22. The van der Waals surface area contributed by atoms with Gasteiger partial charge < -0.3 is 15.0 Å². The Kier molecular flexibility index (Phi) is 3.17. The van der Waals surface area contributed by atoms with Crippen LogP contribution >= 0.6 is 0 Å². The Morgan fingerprint density at radius 2 is 2.24 bits per heavy atom. The zero-order valence-corrected chi connectivity index (χ0v) is 10.4. The molecule has 1 heterocycles. The van der Waals surface area contributed by atoms with E-state index < -0.39 is 0 Å². The number of rotatable bonds is 4. The van der Waals surface area contributed by atoms with Gasteiger partial charge in [-0.05, 0) is 12.8 Å². The van der Waals surface area contributed by atoms with Crippen LogP contribution in [0.25, 0.3) is 0 Å². The number of nitrogens with zero attached hydrogens (tertiary/aromatic N) is 2. The van der Waals surface area contributed by atoms with Gasteiger partial charge in [-0.25, -0.2) is 4.98 Å². The number of aromatic nitrogens is 1. The molecular weight excluding hydrogens is 218 g/mol. The standard InChI is InChI=1S/C12H17N3O2/c1-13-10-7-14-9(12(16)15(2)3)6-11(10)17-8-4-5-8/h6-8,13H,4-5H2,1-3H3. The molecule has 0 aliphatic heterocycles. The van der Waals surface area contributed by atoms with Gasteiger partial charge in [-0.3, -0.25) is 4.79 Å². The lowest BCUT2D eigenvalue weighted by Gasteiger charge is -2.13. The number of pyridine rings is 1. The lowest BCUT2D eigenvalue weighted by molar-refractivity contribution is 0.0821. The molecule has 92 valence electrons. The summed E-state index contributed by atoms with van der Waals surface area (Å²) in [6.07, 6.45) is 4.10. The number of nitrogens with one attached hydrogen (secondary N) is 1. The maximum atomic E-state index is 11.8. The first-order valence-electron chi connectivity index (χ1n) is 5.68. The van der Waals surface area contributed by atoms with Crippen LogP contribution in [0.3, 0.4) is 0 Å². The fraction of sp³-hybridized carbons (Fsp3) is 0.500. The third kappa shape index (κ3) is 2.67. The fourth-order valence-electron chi connectivity index (χ4n) is 1.43. The van der Waals surface area contributed by atoms with Crippen LogP contribution < -0.4 is 10.1 Å². The maximum absolute atomic E-state index is 11.8. The van der Waals surface area contributed by atoms with E-state index in [1.54, 1.807) is 26.4 Å². The van der Waals surface area contributed by atoms with Crippen LogP contribution in [-0.4, -0.2) is 43.0 Å². The summed E-state index contributed by atoms with van der Waals surface area (Å²) in [5.74, 6) is 0.587. The van der Waals surface area contributed by atoms with Gasteiger partial charge >= 0.3 is 0 Å². The molecule has 0 saturated heterocycles. The van der Waals surface area contributed by atoms with Crippen molar-refractivity contribution in [2.45, 2.75) is 18.9 Å². The van der Waals surface area contributed by atoms with Crippen LogP contribution in [0.2, 0.25) is 0 Å². The molecule has 0 aromatic carbocycles. The number of carbonyl (C=O) groups is 1. The highest BCUT2D eigenvalue weighted by Crippen LogP contribution is 2.31. The highest BCUT2D eigenvalue weighted by molar-refractivity contribution is 5.92. The van der Waals surface area contributed by atoms with Crippen LogP contribution in [0.1, 0.15) is 23.3 Å². The molecule has 1 aromatic heterocycles. The van der Waals surface area contributed by atoms with Crippen molar-refractivity contribution < 1.29 is 9.53 Å². The van der Waals surface area contributed by atoms with E-state index in [1.807, 2.05) is 7.05 Å². The summed E-state index contributed by atoms with van der Waals surface area (Å²) < 4.78 is 5.74. The number of anilines is 1. The summed E-state index contributed by atoms with van der Waals surface area (Å²) in [6, 6.07) is 1.70. The third-order valence-corrected chi connectivity index (χ3v) is 2.58. The highest BCUT2D eigenvalue weighted by Gasteiger charge is 2.25. The van der Waals surface area contributed by atoms with E-state index in [9.17, 15) is 4.79 Å². The molecule has 2 rings (SSSR count). The Morgan fingerprint density at radius 3 is 2.76 bits per heavy atom. The number of ether oxygens (including phenoxy) is 1. The first-order chi connectivity index (χ1) is 8.11. The van der Waals surface area contributed by atoms with Gasteiger partial charge in [0.1, 0.15) is 11.4 Å². The Balaban J connectivity index is 2.26. The van der Waals surface area contributed by atoms with Crippen LogP contribution in [0.5, 0.6) is 5.75 Å². The van der Waals surface area contributed by atoms with E-state index in [2.05, 4.69) is 10.3 Å². The van der Waals surface area contributed by atoms with Crippen LogP contribution in [0.15, 0.2) is 12.3 Å². The van der Waals surface area contributed by atoms with Gasteiger partial charge in [-0.1, -0.05) is 0 Å². The highest BCUT2D eigenvalue weighted by atomic mass is 16.5. The third-order valence-electron chi connectivity index (χ3n) is 2.58. The number of amides is 1.